The highest BCUT2D eigenvalue weighted by molar-refractivity contribution is 5.96. The van der Waals surface area contributed by atoms with E-state index in [2.05, 4.69) is 32.2 Å². The normalized spacial score (nSPS) is 11.4. The lowest BCUT2D eigenvalue weighted by Gasteiger charge is -2.31. The smallest absolute Gasteiger partial charge is 0.231 e. The zero-order valence-electron chi connectivity index (χ0n) is 13.0. The third-order valence-corrected chi connectivity index (χ3v) is 3.98. The lowest BCUT2D eigenvalue weighted by molar-refractivity contribution is -0.126. The molecule has 3 heteroatoms. The second kappa shape index (κ2) is 8.05. The fourth-order valence-electron chi connectivity index (χ4n) is 2.81. The van der Waals surface area contributed by atoms with Gasteiger partial charge in [0, 0.05) is 12.2 Å². The standard InChI is InChI=1S/C17H28N2O/c1-4-11-17(13-18,12-5-2)16(20)19-15-10-8-7-9-14(15)6-3/h7-10H,4-6,11-13,18H2,1-3H3,(H,19,20). The van der Waals surface area contributed by atoms with Gasteiger partial charge in [-0.3, -0.25) is 4.79 Å². The third kappa shape index (κ3) is 3.83. The van der Waals surface area contributed by atoms with E-state index in [1.165, 1.54) is 5.56 Å². The van der Waals surface area contributed by atoms with Crippen LogP contribution in [0.3, 0.4) is 0 Å². The molecule has 0 fully saturated rings. The average molecular weight is 276 g/mol. The lowest BCUT2D eigenvalue weighted by Crippen LogP contribution is -2.42. The summed E-state index contributed by atoms with van der Waals surface area (Å²) in [5, 5.41) is 3.10. The lowest BCUT2D eigenvalue weighted by atomic mass is 9.78. The van der Waals surface area contributed by atoms with Gasteiger partial charge in [-0.05, 0) is 30.9 Å². The molecule has 0 saturated carbocycles. The highest BCUT2D eigenvalue weighted by Gasteiger charge is 2.35. The van der Waals surface area contributed by atoms with Crippen molar-refractivity contribution >= 4 is 11.6 Å². The van der Waals surface area contributed by atoms with Gasteiger partial charge in [0.15, 0.2) is 0 Å². The predicted octanol–water partition coefficient (Wildman–Crippen LogP) is 3.73. The van der Waals surface area contributed by atoms with E-state index in [1.54, 1.807) is 0 Å². The van der Waals surface area contributed by atoms with E-state index in [-0.39, 0.29) is 5.91 Å². The maximum Gasteiger partial charge on any atom is 0.231 e. The Morgan fingerprint density at radius 2 is 1.75 bits per heavy atom. The topological polar surface area (TPSA) is 55.1 Å². The van der Waals surface area contributed by atoms with Gasteiger partial charge in [0.2, 0.25) is 5.91 Å². The van der Waals surface area contributed by atoms with Crippen LogP contribution in [0.15, 0.2) is 24.3 Å². The predicted molar refractivity (Wildman–Crippen MR) is 85.8 cm³/mol. The molecule has 0 atom stereocenters. The van der Waals surface area contributed by atoms with Gasteiger partial charge in [0.05, 0.1) is 5.41 Å². The van der Waals surface area contributed by atoms with Crippen molar-refractivity contribution in [2.75, 3.05) is 11.9 Å². The van der Waals surface area contributed by atoms with Gasteiger partial charge < -0.3 is 11.1 Å². The van der Waals surface area contributed by atoms with E-state index in [1.807, 2.05) is 18.2 Å². The summed E-state index contributed by atoms with van der Waals surface area (Å²) in [6, 6.07) is 7.98. The Hall–Kier alpha value is -1.35. The summed E-state index contributed by atoms with van der Waals surface area (Å²) in [4.78, 5) is 12.7. The second-order valence-corrected chi connectivity index (χ2v) is 5.45. The molecule has 0 bridgehead atoms. The number of nitrogens with one attached hydrogen (secondary N) is 1. The molecule has 3 N–H and O–H groups in total. The van der Waals surface area contributed by atoms with Crippen LogP contribution in [0.1, 0.15) is 52.0 Å². The SMILES string of the molecule is CCCC(CN)(CCC)C(=O)Nc1ccccc1CC. The van der Waals surface area contributed by atoms with E-state index in [9.17, 15) is 4.79 Å². The quantitative estimate of drug-likeness (QED) is 0.760. The van der Waals surface area contributed by atoms with Crippen LogP contribution < -0.4 is 11.1 Å². The van der Waals surface area contributed by atoms with Crippen molar-refractivity contribution in [1.29, 1.82) is 0 Å². The molecule has 0 unspecified atom stereocenters. The molecule has 1 aromatic carbocycles. The Labute approximate surface area is 122 Å². The summed E-state index contributed by atoms with van der Waals surface area (Å²) in [6.45, 7) is 6.72. The molecule has 1 aromatic rings. The van der Waals surface area contributed by atoms with Crippen LogP contribution in [-0.4, -0.2) is 12.5 Å². The van der Waals surface area contributed by atoms with Crippen molar-refractivity contribution < 1.29 is 4.79 Å². The summed E-state index contributed by atoms with van der Waals surface area (Å²) in [7, 11) is 0. The number of hydrogen-bond acceptors (Lipinski definition) is 2. The van der Waals surface area contributed by atoms with Crippen LogP contribution in [-0.2, 0) is 11.2 Å². The monoisotopic (exact) mass is 276 g/mol. The molecule has 0 aliphatic carbocycles. The molecule has 0 spiro atoms. The Kier molecular flexibility index (Phi) is 6.73. The van der Waals surface area contributed by atoms with Crippen LogP contribution in [0, 0.1) is 5.41 Å². The van der Waals surface area contributed by atoms with Crippen LogP contribution in [0.25, 0.3) is 0 Å². The first kappa shape index (κ1) is 16.7. The maximum atomic E-state index is 12.7. The first-order valence-electron chi connectivity index (χ1n) is 7.73. The van der Waals surface area contributed by atoms with Crippen molar-refractivity contribution in [1.82, 2.24) is 0 Å². The van der Waals surface area contributed by atoms with Gasteiger partial charge in [-0.15, -0.1) is 0 Å². The minimum absolute atomic E-state index is 0.0737. The van der Waals surface area contributed by atoms with Gasteiger partial charge in [-0.25, -0.2) is 0 Å². The molecular formula is C17H28N2O. The molecule has 0 saturated heterocycles. The molecule has 112 valence electrons. The Balaban J connectivity index is 2.95. The first-order chi connectivity index (χ1) is 9.63. The van der Waals surface area contributed by atoms with E-state index in [0.29, 0.717) is 6.54 Å². The van der Waals surface area contributed by atoms with E-state index in [0.717, 1.165) is 37.8 Å². The van der Waals surface area contributed by atoms with E-state index < -0.39 is 5.41 Å². The summed E-state index contributed by atoms with van der Waals surface area (Å²) in [5.41, 5.74) is 7.61. The molecule has 0 aliphatic rings. The Morgan fingerprint density at radius 1 is 1.15 bits per heavy atom. The average Bonchev–Trinajstić information content (AvgIpc) is 2.47. The minimum Gasteiger partial charge on any atom is -0.329 e. The Bertz CT molecular complexity index is 423. The molecule has 20 heavy (non-hydrogen) atoms. The van der Waals surface area contributed by atoms with Crippen LogP contribution in [0.4, 0.5) is 5.69 Å². The highest BCUT2D eigenvalue weighted by Crippen LogP contribution is 2.31. The molecule has 0 heterocycles. The summed E-state index contributed by atoms with van der Waals surface area (Å²) in [5.74, 6) is 0.0737. The van der Waals surface area contributed by atoms with E-state index in [4.69, 9.17) is 5.73 Å². The highest BCUT2D eigenvalue weighted by atomic mass is 16.2. The molecule has 1 amide bonds. The van der Waals surface area contributed by atoms with Crippen molar-refractivity contribution in [3.63, 3.8) is 0 Å². The number of para-hydroxylation sites is 1. The number of carbonyl (C=O) groups excluding carboxylic acids is 1. The largest absolute Gasteiger partial charge is 0.329 e. The maximum absolute atomic E-state index is 12.7. The number of amides is 1. The van der Waals surface area contributed by atoms with Gasteiger partial charge in [-0.2, -0.15) is 0 Å². The number of hydrogen-bond donors (Lipinski definition) is 2. The van der Waals surface area contributed by atoms with Gasteiger partial charge in [-0.1, -0.05) is 51.8 Å². The molecule has 0 aliphatic heterocycles. The molecular weight excluding hydrogens is 248 g/mol. The van der Waals surface area contributed by atoms with Crippen LogP contribution in [0.2, 0.25) is 0 Å². The van der Waals surface area contributed by atoms with Crippen molar-refractivity contribution in [3.8, 4) is 0 Å². The van der Waals surface area contributed by atoms with Crippen molar-refractivity contribution in [2.45, 2.75) is 52.9 Å². The molecule has 1 rings (SSSR count). The number of nitrogens with two attached hydrogens (primary N) is 1. The van der Waals surface area contributed by atoms with Gasteiger partial charge in [0.1, 0.15) is 0 Å². The number of carbonyl (C=O) groups is 1. The zero-order chi connectivity index (χ0) is 15.0. The first-order valence-corrected chi connectivity index (χ1v) is 7.73. The van der Waals surface area contributed by atoms with Crippen molar-refractivity contribution in [2.24, 2.45) is 11.1 Å². The number of anilines is 1. The number of rotatable bonds is 8. The fourth-order valence-corrected chi connectivity index (χ4v) is 2.81. The number of aryl methyl sites for hydroxylation is 1. The summed E-state index contributed by atoms with van der Waals surface area (Å²) < 4.78 is 0. The second-order valence-electron chi connectivity index (χ2n) is 5.45. The van der Waals surface area contributed by atoms with Crippen LogP contribution in [0.5, 0.6) is 0 Å². The molecule has 0 aromatic heterocycles. The molecule has 3 nitrogen and oxygen atoms in total. The summed E-state index contributed by atoms with van der Waals surface area (Å²) >= 11 is 0. The Morgan fingerprint density at radius 3 is 2.25 bits per heavy atom. The van der Waals surface area contributed by atoms with Crippen LogP contribution >= 0.6 is 0 Å². The molecule has 0 radical (unpaired) electrons. The fraction of sp³-hybridized carbons (Fsp3) is 0.588. The van der Waals surface area contributed by atoms with E-state index >= 15 is 0 Å². The number of benzene rings is 1. The van der Waals surface area contributed by atoms with Gasteiger partial charge >= 0.3 is 0 Å². The third-order valence-electron chi connectivity index (χ3n) is 3.98. The zero-order valence-corrected chi connectivity index (χ0v) is 13.0. The summed E-state index contributed by atoms with van der Waals surface area (Å²) in [6.07, 6.45) is 4.54. The van der Waals surface area contributed by atoms with Crippen molar-refractivity contribution in [3.05, 3.63) is 29.8 Å². The van der Waals surface area contributed by atoms with Gasteiger partial charge in [0.25, 0.3) is 0 Å². The minimum atomic E-state index is -0.426.